The first-order valence-corrected chi connectivity index (χ1v) is 9.55. The number of hydrogen-bond acceptors (Lipinski definition) is 4. The molecule has 2 atom stereocenters. The van der Waals surface area contributed by atoms with E-state index in [1.807, 2.05) is 25.1 Å². The van der Waals surface area contributed by atoms with Crippen LogP contribution in [0.4, 0.5) is 0 Å². The zero-order valence-electron chi connectivity index (χ0n) is 12.2. The van der Waals surface area contributed by atoms with Gasteiger partial charge in [-0.05, 0) is 31.4 Å². The fourth-order valence-electron chi connectivity index (χ4n) is 2.47. The van der Waals surface area contributed by atoms with Crippen LogP contribution in [-0.2, 0) is 9.84 Å². The highest BCUT2D eigenvalue weighted by atomic mass is 35.5. The minimum absolute atomic E-state index is 0.0190. The van der Waals surface area contributed by atoms with Crippen molar-refractivity contribution in [2.24, 2.45) is 0 Å². The third-order valence-electron chi connectivity index (χ3n) is 3.68. The highest BCUT2D eigenvalue weighted by molar-refractivity contribution is 7.91. The van der Waals surface area contributed by atoms with Crippen molar-refractivity contribution in [3.8, 4) is 5.75 Å². The zero-order chi connectivity index (χ0) is 15.3. The van der Waals surface area contributed by atoms with Gasteiger partial charge < -0.3 is 10.1 Å². The third-order valence-corrected chi connectivity index (χ3v) is 5.82. The largest absolute Gasteiger partial charge is 0.488 e. The van der Waals surface area contributed by atoms with Crippen molar-refractivity contribution in [1.29, 1.82) is 0 Å². The van der Waals surface area contributed by atoms with Crippen molar-refractivity contribution in [1.82, 2.24) is 5.32 Å². The molecule has 1 aliphatic heterocycles. The first kappa shape index (κ1) is 16.6. The molecule has 1 aliphatic rings. The molecule has 0 amide bonds. The minimum Gasteiger partial charge on any atom is -0.488 e. The highest BCUT2D eigenvalue weighted by Crippen LogP contribution is 2.24. The van der Waals surface area contributed by atoms with Gasteiger partial charge in [-0.25, -0.2) is 8.42 Å². The Hall–Kier alpha value is -0.780. The van der Waals surface area contributed by atoms with Crippen molar-refractivity contribution >= 4 is 21.4 Å². The van der Waals surface area contributed by atoms with E-state index in [1.54, 1.807) is 6.07 Å². The van der Waals surface area contributed by atoms with Crippen LogP contribution in [-0.4, -0.2) is 38.6 Å². The number of ether oxygens (including phenoxy) is 1. The molecule has 0 aromatic heterocycles. The molecule has 21 heavy (non-hydrogen) atoms. The van der Waals surface area contributed by atoms with E-state index >= 15 is 0 Å². The summed E-state index contributed by atoms with van der Waals surface area (Å²) in [6, 6.07) is 7.42. The molecule has 0 aliphatic carbocycles. The second-order valence-electron chi connectivity index (χ2n) is 5.44. The lowest BCUT2D eigenvalue weighted by atomic mass is 10.1. The molecule has 1 aromatic rings. The summed E-state index contributed by atoms with van der Waals surface area (Å²) in [5, 5.41) is 3.91. The van der Waals surface area contributed by atoms with Crippen molar-refractivity contribution in [3.05, 3.63) is 29.3 Å². The van der Waals surface area contributed by atoms with Crippen molar-refractivity contribution in [3.63, 3.8) is 0 Å². The van der Waals surface area contributed by atoms with Crippen LogP contribution in [0.3, 0.4) is 0 Å². The fraction of sp³-hybridized carbons (Fsp3) is 0.600. The monoisotopic (exact) mass is 331 g/mol. The summed E-state index contributed by atoms with van der Waals surface area (Å²) >= 11 is 6.09. The number of rotatable bonds is 6. The summed E-state index contributed by atoms with van der Waals surface area (Å²) < 4.78 is 29.1. The molecule has 1 N–H and O–H groups in total. The van der Waals surface area contributed by atoms with Gasteiger partial charge in [-0.1, -0.05) is 30.7 Å². The van der Waals surface area contributed by atoms with Crippen molar-refractivity contribution in [2.75, 3.05) is 18.1 Å². The Bertz CT molecular complexity index is 562. The summed E-state index contributed by atoms with van der Waals surface area (Å²) in [7, 11) is -2.88. The van der Waals surface area contributed by atoms with Crippen LogP contribution in [0, 0.1) is 0 Å². The molecule has 118 valence electrons. The van der Waals surface area contributed by atoms with Gasteiger partial charge in [0, 0.05) is 12.6 Å². The Kier molecular flexibility index (Phi) is 5.90. The first-order chi connectivity index (χ1) is 10.00. The molecule has 0 bridgehead atoms. The molecule has 1 saturated heterocycles. The molecular formula is C15H22ClNO3S. The number of nitrogens with one attached hydrogen (secondary N) is 1. The van der Waals surface area contributed by atoms with Gasteiger partial charge in [0.1, 0.15) is 11.9 Å². The molecular weight excluding hydrogens is 310 g/mol. The van der Waals surface area contributed by atoms with Gasteiger partial charge in [0.05, 0.1) is 16.5 Å². The van der Waals surface area contributed by atoms with Gasteiger partial charge in [0.15, 0.2) is 9.84 Å². The molecule has 0 saturated carbocycles. The van der Waals surface area contributed by atoms with Crippen LogP contribution in [0.2, 0.25) is 5.02 Å². The second kappa shape index (κ2) is 7.47. The van der Waals surface area contributed by atoms with E-state index in [2.05, 4.69) is 5.32 Å². The predicted octanol–water partition coefficient (Wildman–Crippen LogP) is 2.66. The number of sulfone groups is 1. The van der Waals surface area contributed by atoms with Crippen LogP contribution < -0.4 is 10.1 Å². The van der Waals surface area contributed by atoms with E-state index in [4.69, 9.17) is 16.3 Å². The van der Waals surface area contributed by atoms with E-state index in [9.17, 15) is 8.42 Å². The van der Waals surface area contributed by atoms with Crippen LogP contribution >= 0.6 is 11.6 Å². The lowest BCUT2D eigenvalue weighted by molar-refractivity contribution is 0.188. The van der Waals surface area contributed by atoms with E-state index in [0.717, 1.165) is 19.3 Å². The summed E-state index contributed by atoms with van der Waals surface area (Å²) in [6.07, 6.45) is 2.45. The maximum absolute atomic E-state index is 11.6. The molecule has 0 spiro atoms. The van der Waals surface area contributed by atoms with E-state index in [0.29, 0.717) is 23.1 Å². The second-order valence-corrected chi connectivity index (χ2v) is 8.08. The smallest absolute Gasteiger partial charge is 0.151 e. The summed E-state index contributed by atoms with van der Waals surface area (Å²) in [4.78, 5) is 0. The van der Waals surface area contributed by atoms with Gasteiger partial charge in [0.2, 0.25) is 0 Å². The number of benzene rings is 1. The maximum Gasteiger partial charge on any atom is 0.151 e. The van der Waals surface area contributed by atoms with E-state index < -0.39 is 9.84 Å². The average molecular weight is 332 g/mol. The number of halogens is 1. The molecule has 1 fully saturated rings. The molecule has 6 heteroatoms. The van der Waals surface area contributed by atoms with E-state index in [-0.39, 0.29) is 17.9 Å². The first-order valence-electron chi connectivity index (χ1n) is 7.35. The zero-order valence-corrected chi connectivity index (χ0v) is 13.8. The lowest BCUT2D eigenvalue weighted by Gasteiger charge is -2.26. The Morgan fingerprint density at radius 3 is 2.86 bits per heavy atom. The summed E-state index contributed by atoms with van der Waals surface area (Å²) in [5.41, 5.74) is 0. The molecule has 2 unspecified atom stereocenters. The summed E-state index contributed by atoms with van der Waals surface area (Å²) in [6.45, 7) is 2.67. The van der Waals surface area contributed by atoms with Crippen LogP contribution in [0.5, 0.6) is 5.75 Å². The quantitative estimate of drug-likeness (QED) is 0.870. The normalized spacial score (nSPS) is 22.7. The molecule has 1 heterocycles. The summed E-state index contributed by atoms with van der Waals surface area (Å²) in [5.74, 6) is 1.22. The van der Waals surface area contributed by atoms with Crippen molar-refractivity contribution < 1.29 is 13.2 Å². The Morgan fingerprint density at radius 1 is 1.43 bits per heavy atom. The fourth-order valence-corrected chi connectivity index (χ4v) is 4.32. The molecule has 1 aromatic carbocycles. The maximum atomic E-state index is 11.6. The Labute approximate surface area is 131 Å². The number of hydrogen-bond donors (Lipinski definition) is 1. The van der Waals surface area contributed by atoms with Crippen LogP contribution in [0.25, 0.3) is 0 Å². The van der Waals surface area contributed by atoms with E-state index in [1.165, 1.54) is 0 Å². The van der Waals surface area contributed by atoms with Gasteiger partial charge in [-0.15, -0.1) is 0 Å². The third kappa shape index (κ3) is 5.16. The van der Waals surface area contributed by atoms with Crippen molar-refractivity contribution in [2.45, 2.75) is 38.3 Å². The minimum atomic E-state index is -2.88. The topological polar surface area (TPSA) is 55.4 Å². The molecule has 4 nitrogen and oxygen atoms in total. The predicted molar refractivity (Wildman–Crippen MR) is 85.8 cm³/mol. The van der Waals surface area contributed by atoms with Gasteiger partial charge >= 0.3 is 0 Å². The van der Waals surface area contributed by atoms with Gasteiger partial charge in [-0.2, -0.15) is 0 Å². The Balaban J connectivity index is 1.87. The highest BCUT2D eigenvalue weighted by Gasteiger charge is 2.25. The standard InChI is InChI=1S/C15H22ClNO3S/c1-2-13(20-15-8-4-3-7-14(15)16)10-17-12-6-5-9-21(18,19)11-12/h3-4,7-8,12-13,17H,2,5-6,9-11H2,1H3. The SMILES string of the molecule is CCC(CNC1CCCS(=O)(=O)C1)Oc1ccccc1Cl. The van der Waals surface area contributed by atoms with Crippen LogP contribution in [0.1, 0.15) is 26.2 Å². The van der Waals surface area contributed by atoms with Crippen LogP contribution in [0.15, 0.2) is 24.3 Å². The molecule has 2 rings (SSSR count). The average Bonchev–Trinajstić information content (AvgIpc) is 2.44. The number of para-hydroxylation sites is 1. The lowest BCUT2D eigenvalue weighted by Crippen LogP contribution is -2.44. The van der Waals surface area contributed by atoms with Gasteiger partial charge in [0.25, 0.3) is 0 Å². The Morgan fingerprint density at radius 2 is 2.19 bits per heavy atom. The molecule has 0 radical (unpaired) electrons. The van der Waals surface area contributed by atoms with Gasteiger partial charge in [-0.3, -0.25) is 0 Å².